The average Bonchev–Trinajstić information content (AvgIpc) is 2.22. The summed E-state index contributed by atoms with van der Waals surface area (Å²) in [4.78, 5) is 0. The summed E-state index contributed by atoms with van der Waals surface area (Å²) in [6.45, 7) is 6.93. The van der Waals surface area contributed by atoms with Crippen molar-refractivity contribution in [3.63, 3.8) is 0 Å². The van der Waals surface area contributed by atoms with E-state index in [-0.39, 0.29) is 0 Å². The van der Waals surface area contributed by atoms with E-state index >= 15 is 0 Å². The highest BCUT2D eigenvalue weighted by Gasteiger charge is 2.25. The zero-order chi connectivity index (χ0) is 11.9. The van der Waals surface area contributed by atoms with E-state index in [1.807, 2.05) is 26.8 Å². The summed E-state index contributed by atoms with van der Waals surface area (Å²) in [6, 6.07) is 1.93. The van der Waals surface area contributed by atoms with Crippen LogP contribution in [0.15, 0.2) is 6.07 Å². The Bertz CT molecular complexity index is 424. The first-order valence-electron chi connectivity index (χ1n) is 5.29. The summed E-state index contributed by atoms with van der Waals surface area (Å²) < 4.78 is 11.0. The van der Waals surface area contributed by atoms with Crippen molar-refractivity contribution >= 4 is 11.6 Å². The summed E-state index contributed by atoms with van der Waals surface area (Å²) in [6.07, 6.45) is 0. The van der Waals surface area contributed by atoms with Crippen molar-refractivity contribution in [1.82, 2.24) is 0 Å². The highest BCUT2D eigenvalue weighted by molar-refractivity contribution is 6.33. The molecule has 1 aliphatic rings. The number of hydrogen-bond donors (Lipinski definition) is 1. The van der Waals surface area contributed by atoms with E-state index in [4.69, 9.17) is 26.8 Å². The van der Waals surface area contributed by atoms with Gasteiger partial charge in [-0.3, -0.25) is 0 Å². The Morgan fingerprint density at radius 1 is 1.31 bits per heavy atom. The van der Waals surface area contributed by atoms with Crippen LogP contribution in [0.1, 0.15) is 25.0 Å². The number of halogens is 1. The van der Waals surface area contributed by atoms with Crippen LogP contribution >= 0.6 is 11.6 Å². The number of rotatable bonds is 1. The Labute approximate surface area is 100 Å². The van der Waals surface area contributed by atoms with Crippen LogP contribution in [-0.2, 0) is 5.54 Å². The molecule has 1 aromatic carbocycles. The molecule has 0 saturated heterocycles. The van der Waals surface area contributed by atoms with E-state index in [1.54, 1.807) is 0 Å². The Hall–Kier alpha value is -0.930. The molecule has 0 unspecified atom stereocenters. The van der Waals surface area contributed by atoms with E-state index in [2.05, 4.69) is 0 Å². The van der Waals surface area contributed by atoms with E-state index < -0.39 is 5.54 Å². The zero-order valence-electron chi connectivity index (χ0n) is 9.76. The van der Waals surface area contributed by atoms with E-state index in [0.717, 1.165) is 11.1 Å². The molecule has 0 atom stereocenters. The molecule has 0 saturated carbocycles. The van der Waals surface area contributed by atoms with Gasteiger partial charge in [-0.25, -0.2) is 0 Å². The van der Waals surface area contributed by atoms with Gasteiger partial charge in [-0.05, 0) is 38.0 Å². The fourth-order valence-electron chi connectivity index (χ4n) is 1.91. The highest BCUT2D eigenvalue weighted by Crippen LogP contribution is 2.43. The van der Waals surface area contributed by atoms with Gasteiger partial charge in [-0.15, -0.1) is 0 Å². The monoisotopic (exact) mass is 241 g/mol. The van der Waals surface area contributed by atoms with Crippen LogP contribution in [0.3, 0.4) is 0 Å². The maximum Gasteiger partial charge on any atom is 0.180 e. The maximum absolute atomic E-state index is 6.26. The molecule has 0 radical (unpaired) electrons. The Kier molecular flexibility index (Phi) is 2.76. The third-order valence-corrected chi connectivity index (χ3v) is 3.17. The van der Waals surface area contributed by atoms with Crippen LogP contribution in [0.25, 0.3) is 0 Å². The summed E-state index contributed by atoms with van der Waals surface area (Å²) in [7, 11) is 0. The van der Waals surface area contributed by atoms with Gasteiger partial charge in [0.05, 0.1) is 5.02 Å². The van der Waals surface area contributed by atoms with Gasteiger partial charge < -0.3 is 15.2 Å². The number of ether oxygens (including phenoxy) is 2. The Balaban J connectivity index is 2.62. The summed E-state index contributed by atoms with van der Waals surface area (Å²) in [5.41, 5.74) is 7.61. The molecule has 16 heavy (non-hydrogen) atoms. The van der Waals surface area contributed by atoms with Crippen LogP contribution in [0, 0.1) is 6.92 Å². The first-order chi connectivity index (χ1) is 7.41. The largest absolute Gasteiger partial charge is 0.486 e. The molecule has 3 nitrogen and oxygen atoms in total. The molecular formula is C12H16ClNO2. The topological polar surface area (TPSA) is 44.5 Å². The van der Waals surface area contributed by atoms with Gasteiger partial charge in [0.25, 0.3) is 0 Å². The standard InChI is InChI=1S/C12H16ClNO2/c1-7-8(12(2,3)14)6-9-11(10(7)13)16-5-4-15-9/h6H,4-5,14H2,1-3H3. The van der Waals surface area contributed by atoms with Gasteiger partial charge in [0.1, 0.15) is 13.2 Å². The minimum Gasteiger partial charge on any atom is -0.486 e. The normalized spacial score (nSPS) is 15.1. The SMILES string of the molecule is Cc1c(C(C)(C)N)cc2c(c1Cl)OCCO2. The lowest BCUT2D eigenvalue weighted by Gasteiger charge is -2.27. The van der Waals surface area contributed by atoms with Gasteiger partial charge in [-0.2, -0.15) is 0 Å². The lowest BCUT2D eigenvalue weighted by atomic mass is 9.91. The zero-order valence-corrected chi connectivity index (χ0v) is 10.5. The average molecular weight is 242 g/mol. The first-order valence-corrected chi connectivity index (χ1v) is 5.67. The van der Waals surface area contributed by atoms with Crippen LogP contribution in [0.4, 0.5) is 0 Å². The molecule has 1 aromatic rings. The number of hydrogen-bond acceptors (Lipinski definition) is 3. The molecule has 1 aliphatic heterocycles. The Morgan fingerprint density at radius 2 is 1.94 bits per heavy atom. The smallest absolute Gasteiger partial charge is 0.180 e. The molecule has 0 fully saturated rings. The second kappa shape index (κ2) is 3.82. The minimum absolute atomic E-state index is 0.441. The predicted molar refractivity (Wildman–Crippen MR) is 64.4 cm³/mol. The van der Waals surface area contributed by atoms with Crippen LogP contribution < -0.4 is 15.2 Å². The fraction of sp³-hybridized carbons (Fsp3) is 0.500. The molecule has 0 aromatic heterocycles. The second-order valence-electron chi connectivity index (χ2n) is 4.61. The van der Waals surface area contributed by atoms with E-state index in [1.165, 1.54) is 0 Å². The molecule has 88 valence electrons. The second-order valence-corrected chi connectivity index (χ2v) is 4.99. The van der Waals surface area contributed by atoms with Crippen molar-refractivity contribution in [2.45, 2.75) is 26.3 Å². The van der Waals surface area contributed by atoms with Crippen molar-refractivity contribution in [3.05, 3.63) is 22.2 Å². The third kappa shape index (κ3) is 1.85. The molecule has 2 N–H and O–H groups in total. The van der Waals surface area contributed by atoms with Crippen LogP contribution in [0.2, 0.25) is 5.02 Å². The number of nitrogens with two attached hydrogens (primary N) is 1. The van der Waals surface area contributed by atoms with E-state index in [0.29, 0.717) is 29.7 Å². The first kappa shape index (κ1) is 11.6. The van der Waals surface area contributed by atoms with Crippen molar-refractivity contribution in [2.75, 3.05) is 13.2 Å². The lowest BCUT2D eigenvalue weighted by molar-refractivity contribution is 0.171. The number of fused-ring (bicyclic) bond motifs is 1. The van der Waals surface area contributed by atoms with Crippen molar-refractivity contribution in [3.8, 4) is 11.5 Å². The third-order valence-electron chi connectivity index (χ3n) is 2.71. The molecule has 0 amide bonds. The highest BCUT2D eigenvalue weighted by atomic mass is 35.5. The minimum atomic E-state index is -0.441. The lowest BCUT2D eigenvalue weighted by Crippen LogP contribution is -2.30. The summed E-state index contributed by atoms with van der Waals surface area (Å²) in [5.74, 6) is 1.33. The molecular weight excluding hydrogens is 226 g/mol. The molecule has 0 bridgehead atoms. The fourth-order valence-corrected chi connectivity index (χ4v) is 2.16. The summed E-state index contributed by atoms with van der Waals surface area (Å²) in [5, 5.41) is 0.603. The quantitative estimate of drug-likeness (QED) is 0.822. The summed E-state index contributed by atoms with van der Waals surface area (Å²) >= 11 is 6.26. The van der Waals surface area contributed by atoms with Gasteiger partial charge in [0.15, 0.2) is 11.5 Å². The van der Waals surface area contributed by atoms with Crippen molar-refractivity contribution < 1.29 is 9.47 Å². The van der Waals surface area contributed by atoms with Gasteiger partial charge >= 0.3 is 0 Å². The molecule has 1 heterocycles. The maximum atomic E-state index is 6.26. The number of benzene rings is 1. The van der Waals surface area contributed by atoms with Crippen molar-refractivity contribution in [1.29, 1.82) is 0 Å². The molecule has 0 aliphatic carbocycles. The van der Waals surface area contributed by atoms with Gasteiger partial charge in [0.2, 0.25) is 0 Å². The van der Waals surface area contributed by atoms with Crippen LogP contribution in [0.5, 0.6) is 11.5 Å². The van der Waals surface area contributed by atoms with Crippen molar-refractivity contribution in [2.24, 2.45) is 5.73 Å². The van der Waals surface area contributed by atoms with Gasteiger partial charge in [-0.1, -0.05) is 11.6 Å². The van der Waals surface area contributed by atoms with Crippen LogP contribution in [-0.4, -0.2) is 13.2 Å². The predicted octanol–water partition coefficient (Wildman–Crippen LogP) is 2.61. The molecule has 0 spiro atoms. The Morgan fingerprint density at radius 3 is 2.56 bits per heavy atom. The van der Waals surface area contributed by atoms with Gasteiger partial charge in [0, 0.05) is 5.54 Å². The molecule has 4 heteroatoms. The van der Waals surface area contributed by atoms with E-state index in [9.17, 15) is 0 Å². The molecule has 2 rings (SSSR count).